The summed E-state index contributed by atoms with van der Waals surface area (Å²) in [6.45, 7) is 2.16. The number of nitrogens with one attached hydrogen (secondary N) is 2. The number of methoxy groups -OCH3 is 1. The smallest absolute Gasteiger partial charge is 0.271 e. The van der Waals surface area contributed by atoms with Gasteiger partial charge in [-0.2, -0.15) is 5.10 Å². The van der Waals surface area contributed by atoms with E-state index >= 15 is 0 Å². The van der Waals surface area contributed by atoms with Gasteiger partial charge in [0.15, 0.2) is 18.1 Å². The number of hydrazone groups is 1. The van der Waals surface area contributed by atoms with Crippen LogP contribution in [0.3, 0.4) is 0 Å². The lowest BCUT2D eigenvalue weighted by molar-refractivity contribution is -0.118. The highest BCUT2D eigenvalue weighted by Crippen LogP contribution is 2.28. The molecular formula is C25H24BrN3O5. The van der Waals surface area contributed by atoms with Gasteiger partial charge in [-0.25, -0.2) is 5.43 Å². The molecule has 0 heterocycles. The van der Waals surface area contributed by atoms with Gasteiger partial charge in [-0.15, -0.1) is 0 Å². The Morgan fingerprint density at radius 3 is 2.47 bits per heavy atom. The number of rotatable bonds is 10. The fourth-order valence-corrected chi connectivity index (χ4v) is 3.30. The largest absolute Gasteiger partial charge is 0.493 e. The molecule has 34 heavy (non-hydrogen) atoms. The Labute approximate surface area is 206 Å². The highest BCUT2D eigenvalue weighted by molar-refractivity contribution is 9.10. The minimum atomic E-state index is -0.419. The van der Waals surface area contributed by atoms with Gasteiger partial charge >= 0.3 is 0 Å². The van der Waals surface area contributed by atoms with E-state index in [4.69, 9.17) is 14.2 Å². The zero-order valence-electron chi connectivity index (χ0n) is 18.7. The number of carbonyl (C=O) groups is 2. The van der Waals surface area contributed by atoms with E-state index in [2.05, 4.69) is 31.8 Å². The maximum Gasteiger partial charge on any atom is 0.271 e. The number of para-hydroxylation sites is 1. The lowest BCUT2D eigenvalue weighted by Gasteiger charge is -2.11. The van der Waals surface area contributed by atoms with Crippen molar-refractivity contribution in [2.45, 2.75) is 6.92 Å². The first-order valence-corrected chi connectivity index (χ1v) is 11.2. The second-order valence-corrected chi connectivity index (χ2v) is 7.80. The van der Waals surface area contributed by atoms with E-state index in [0.717, 1.165) is 4.47 Å². The van der Waals surface area contributed by atoms with Gasteiger partial charge in [-0.3, -0.25) is 9.59 Å². The Kier molecular flexibility index (Phi) is 9.04. The Hall–Kier alpha value is -3.85. The Morgan fingerprint density at radius 2 is 1.74 bits per heavy atom. The molecule has 0 saturated heterocycles. The van der Waals surface area contributed by atoms with Crippen molar-refractivity contribution in [1.29, 1.82) is 0 Å². The molecule has 0 radical (unpaired) electrons. The van der Waals surface area contributed by atoms with Gasteiger partial charge in [0.1, 0.15) is 5.75 Å². The fourth-order valence-electron chi connectivity index (χ4n) is 2.92. The molecule has 0 atom stereocenters. The van der Waals surface area contributed by atoms with Crippen LogP contribution in [0.2, 0.25) is 0 Å². The van der Waals surface area contributed by atoms with Crippen molar-refractivity contribution in [3.63, 3.8) is 0 Å². The number of anilines is 1. The Morgan fingerprint density at radius 1 is 0.971 bits per heavy atom. The van der Waals surface area contributed by atoms with Crippen LogP contribution in [0.1, 0.15) is 22.8 Å². The zero-order valence-corrected chi connectivity index (χ0v) is 20.3. The number of amides is 2. The molecule has 176 valence electrons. The molecule has 8 nitrogen and oxygen atoms in total. The summed E-state index contributed by atoms with van der Waals surface area (Å²) < 4.78 is 17.2. The second-order valence-electron chi connectivity index (χ2n) is 6.88. The summed E-state index contributed by atoms with van der Waals surface area (Å²) in [7, 11) is 1.51. The average molecular weight is 526 g/mol. The van der Waals surface area contributed by atoms with Crippen molar-refractivity contribution in [1.82, 2.24) is 5.43 Å². The predicted molar refractivity (Wildman–Crippen MR) is 134 cm³/mol. The van der Waals surface area contributed by atoms with Gasteiger partial charge in [0.05, 0.1) is 19.9 Å². The predicted octanol–water partition coefficient (Wildman–Crippen LogP) is 4.64. The minimum absolute atomic E-state index is 0.185. The monoisotopic (exact) mass is 525 g/mol. The molecule has 3 aromatic carbocycles. The Balaban J connectivity index is 1.63. The second kappa shape index (κ2) is 12.4. The van der Waals surface area contributed by atoms with Crippen molar-refractivity contribution in [3.8, 4) is 17.2 Å². The normalized spacial score (nSPS) is 10.6. The summed E-state index contributed by atoms with van der Waals surface area (Å²) in [5.74, 6) is 0.728. The van der Waals surface area contributed by atoms with Crippen LogP contribution in [0.5, 0.6) is 17.2 Å². The molecule has 0 aromatic heterocycles. The summed E-state index contributed by atoms with van der Waals surface area (Å²) in [6, 6.07) is 19.2. The lowest BCUT2D eigenvalue weighted by Crippen LogP contribution is -2.20. The van der Waals surface area contributed by atoms with Crippen molar-refractivity contribution in [2.24, 2.45) is 5.10 Å². The van der Waals surface area contributed by atoms with Crippen LogP contribution in [0.4, 0.5) is 5.69 Å². The molecule has 0 aliphatic carbocycles. The maximum atomic E-state index is 12.5. The molecule has 0 aliphatic heterocycles. The van der Waals surface area contributed by atoms with Crippen molar-refractivity contribution < 1.29 is 23.8 Å². The van der Waals surface area contributed by atoms with E-state index in [9.17, 15) is 9.59 Å². The van der Waals surface area contributed by atoms with Crippen molar-refractivity contribution >= 4 is 39.6 Å². The number of hydrogen-bond acceptors (Lipinski definition) is 6. The molecular weight excluding hydrogens is 502 g/mol. The molecule has 3 aromatic rings. The van der Waals surface area contributed by atoms with Gasteiger partial charge in [-0.05, 0) is 55.5 Å². The molecule has 9 heteroatoms. The van der Waals surface area contributed by atoms with Gasteiger partial charge < -0.3 is 19.5 Å². The first kappa shape index (κ1) is 24.8. The first-order chi connectivity index (χ1) is 16.5. The molecule has 0 spiro atoms. The average Bonchev–Trinajstić information content (AvgIpc) is 2.84. The van der Waals surface area contributed by atoms with Crippen LogP contribution < -0.4 is 25.0 Å². The SMILES string of the molecule is CCOc1ccc(C(=O)N/N=C/c2cc(Br)ccc2OCC(=O)Nc2ccccc2)cc1OC. The molecule has 0 fully saturated rings. The van der Waals surface area contributed by atoms with Crippen LogP contribution >= 0.6 is 15.9 Å². The van der Waals surface area contributed by atoms with Crippen LogP contribution in [0.25, 0.3) is 0 Å². The number of nitrogens with zero attached hydrogens (tertiary/aromatic N) is 1. The molecule has 0 unspecified atom stereocenters. The highest BCUT2D eigenvalue weighted by Gasteiger charge is 2.11. The summed E-state index contributed by atoms with van der Waals surface area (Å²) in [4.78, 5) is 24.7. The number of ether oxygens (including phenoxy) is 3. The van der Waals surface area contributed by atoms with E-state index in [1.807, 2.05) is 25.1 Å². The molecule has 3 rings (SSSR count). The van der Waals surface area contributed by atoms with E-state index in [0.29, 0.717) is 40.7 Å². The van der Waals surface area contributed by atoms with E-state index in [-0.39, 0.29) is 12.5 Å². The van der Waals surface area contributed by atoms with Gasteiger partial charge in [0.2, 0.25) is 0 Å². The van der Waals surface area contributed by atoms with Crippen molar-refractivity contribution in [3.05, 3.63) is 82.3 Å². The van der Waals surface area contributed by atoms with Crippen LogP contribution in [-0.4, -0.2) is 38.4 Å². The van der Waals surface area contributed by atoms with Crippen LogP contribution in [0.15, 0.2) is 76.3 Å². The van der Waals surface area contributed by atoms with Gasteiger partial charge in [0, 0.05) is 21.3 Å². The molecule has 0 aliphatic rings. The minimum Gasteiger partial charge on any atom is -0.493 e. The van der Waals surface area contributed by atoms with Crippen LogP contribution in [-0.2, 0) is 4.79 Å². The topological polar surface area (TPSA) is 98.3 Å². The first-order valence-electron chi connectivity index (χ1n) is 10.4. The maximum absolute atomic E-state index is 12.5. The van der Waals surface area contributed by atoms with Crippen molar-refractivity contribution in [2.75, 3.05) is 25.6 Å². The third kappa shape index (κ3) is 7.08. The summed E-state index contributed by atoms with van der Waals surface area (Å²) >= 11 is 3.40. The summed E-state index contributed by atoms with van der Waals surface area (Å²) in [6.07, 6.45) is 1.44. The number of carbonyl (C=O) groups excluding carboxylic acids is 2. The summed E-state index contributed by atoms with van der Waals surface area (Å²) in [5, 5.41) is 6.79. The van der Waals surface area contributed by atoms with Gasteiger partial charge in [-0.1, -0.05) is 34.1 Å². The van der Waals surface area contributed by atoms with Crippen LogP contribution in [0, 0.1) is 0 Å². The Bertz CT molecular complexity index is 1170. The molecule has 2 amide bonds. The lowest BCUT2D eigenvalue weighted by atomic mass is 10.2. The molecule has 0 bridgehead atoms. The standard InChI is InChI=1S/C25H24BrN3O5/c1-3-33-22-11-9-17(14-23(22)32-2)25(31)29-27-15-18-13-19(26)10-12-21(18)34-16-24(30)28-20-7-5-4-6-8-20/h4-15H,3,16H2,1-2H3,(H,28,30)(H,29,31)/b27-15+. The summed E-state index contributed by atoms with van der Waals surface area (Å²) in [5.41, 5.74) is 4.10. The highest BCUT2D eigenvalue weighted by atomic mass is 79.9. The van der Waals surface area contributed by atoms with E-state index in [1.54, 1.807) is 48.5 Å². The molecule has 0 saturated carbocycles. The van der Waals surface area contributed by atoms with Gasteiger partial charge in [0.25, 0.3) is 11.8 Å². The van der Waals surface area contributed by atoms with E-state index in [1.165, 1.54) is 13.3 Å². The van der Waals surface area contributed by atoms with E-state index < -0.39 is 5.91 Å². The fraction of sp³-hybridized carbons (Fsp3) is 0.160. The third-order valence-corrected chi connectivity index (χ3v) is 4.98. The third-order valence-electron chi connectivity index (χ3n) is 4.48. The zero-order chi connectivity index (χ0) is 24.3. The quantitative estimate of drug-likeness (QED) is 0.297. The molecule has 2 N–H and O–H groups in total. The number of halogens is 1. The number of benzene rings is 3. The number of hydrogen-bond donors (Lipinski definition) is 2.